The molecule has 2 rings (SSSR count). The van der Waals surface area contributed by atoms with Gasteiger partial charge in [-0.1, -0.05) is 0 Å². The van der Waals surface area contributed by atoms with E-state index in [1.165, 1.54) is 0 Å². The van der Waals surface area contributed by atoms with Crippen molar-refractivity contribution in [1.29, 1.82) is 5.26 Å². The predicted octanol–water partition coefficient (Wildman–Crippen LogP) is 0.00488. The second-order valence-corrected chi connectivity index (χ2v) is 3.69. The molecule has 0 aromatic rings. The molecule has 0 spiro atoms. The number of hydrogen-bond donors (Lipinski definition) is 0. The molecule has 2 unspecified atom stereocenters. The standard InChI is InChI=1S/C9H12N2O2/c10-2-1-9(12)11-3-7-5-13-6-8(7)4-11/h7-8H,1,3-6H2. The normalized spacial score (nSPS) is 31.5. The van der Waals surface area contributed by atoms with Crippen molar-refractivity contribution < 1.29 is 9.53 Å². The van der Waals surface area contributed by atoms with E-state index in [1.807, 2.05) is 6.07 Å². The number of nitrogens with zero attached hydrogens (tertiary/aromatic N) is 2. The summed E-state index contributed by atoms with van der Waals surface area (Å²) in [6.45, 7) is 3.12. The third-order valence-corrected chi connectivity index (χ3v) is 2.82. The molecule has 0 bridgehead atoms. The van der Waals surface area contributed by atoms with E-state index in [-0.39, 0.29) is 12.3 Å². The molecule has 0 aromatic heterocycles. The molecule has 2 atom stereocenters. The molecular weight excluding hydrogens is 168 g/mol. The molecule has 2 aliphatic rings. The summed E-state index contributed by atoms with van der Waals surface area (Å²) in [5.41, 5.74) is 0. The SMILES string of the molecule is N#CCC(=O)N1CC2COCC2C1. The first-order valence-corrected chi connectivity index (χ1v) is 4.53. The van der Waals surface area contributed by atoms with Gasteiger partial charge in [0, 0.05) is 24.9 Å². The second-order valence-electron chi connectivity index (χ2n) is 3.69. The van der Waals surface area contributed by atoms with E-state index in [1.54, 1.807) is 4.90 Å². The highest BCUT2D eigenvalue weighted by Gasteiger charge is 2.38. The second kappa shape index (κ2) is 3.35. The Kier molecular flexibility index (Phi) is 2.19. The summed E-state index contributed by atoms with van der Waals surface area (Å²) in [6.07, 6.45) is 0.0142. The van der Waals surface area contributed by atoms with Gasteiger partial charge in [0.2, 0.25) is 5.91 Å². The van der Waals surface area contributed by atoms with Crippen LogP contribution in [0.25, 0.3) is 0 Å². The Morgan fingerprint density at radius 1 is 1.46 bits per heavy atom. The monoisotopic (exact) mass is 180 g/mol. The predicted molar refractivity (Wildman–Crippen MR) is 44.6 cm³/mol. The van der Waals surface area contributed by atoms with Crippen molar-refractivity contribution in [2.45, 2.75) is 6.42 Å². The summed E-state index contributed by atoms with van der Waals surface area (Å²) in [4.78, 5) is 13.1. The lowest BCUT2D eigenvalue weighted by atomic mass is 10.0. The maximum absolute atomic E-state index is 11.3. The Morgan fingerprint density at radius 2 is 2.08 bits per heavy atom. The van der Waals surface area contributed by atoms with Gasteiger partial charge in [-0.05, 0) is 0 Å². The minimum absolute atomic E-state index is 0.0142. The van der Waals surface area contributed by atoms with Crippen LogP contribution in [0.2, 0.25) is 0 Å². The molecule has 4 nitrogen and oxygen atoms in total. The van der Waals surface area contributed by atoms with E-state index >= 15 is 0 Å². The van der Waals surface area contributed by atoms with Gasteiger partial charge >= 0.3 is 0 Å². The maximum Gasteiger partial charge on any atom is 0.236 e. The highest BCUT2D eigenvalue weighted by molar-refractivity contribution is 5.78. The number of carbonyl (C=O) groups excluding carboxylic acids is 1. The van der Waals surface area contributed by atoms with Crippen LogP contribution in [0.4, 0.5) is 0 Å². The molecule has 4 heteroatoms. The van der Waals surface area contributed by atoms with Crippen molar-refractivity contribution >= 4 is 5.91 Å². The summed E-state index contributed by atoms with van der Waals surface area (Å²) in [5, 5.41) is 8.38. The van der Waals surface area contributed by atoms with Gasteiger partial charge in [0.1, 0.15) is 6.42 Å². The average molecular weight is 180 g/mol. The average Bonchev–Trinajstić information content (AvgIpc) is 2.61. The van der Waals surface area contributed by atoms with E-state index in [9.17, 15) is 4.79 Å². The number of carbonyl (C=O) groups is 1. The van der Waals surface area contributed by atoms with Crippen molar-refractivity contribution in [3.8, 4) is 6.07 Å². The van der Waals surface area contributed by atoms with Crippen LogP contribution in [0.3, 0.4) is 0 Å². The zero-order valence-corrected chi connectivity index (χ0v) is 7.40. The number of likely N-dealkylation sites (tertiary alicyclic amines) is 1. The van der Waals surface area contributed by atoms with Gasteiger partial charge in [0.25, 0.3) is 0 Å². The third-order valence-electron chi connectivity index (χ3n) is 2.82. The maximum atomic E-state index is 11.3. The number of amides is 1. The van der Waals surface area contributed by atoms with Crippen molar-refractivity contribution in [1.82, 2.24) is 4.90 Å². The van der Waals surface area contributed by atoms with Crippen LogP contribution in [0.5, 0.6) is 0 Å². The van der Waals surface area contributed by atoms with E-state index < -0.39 is 0 Å². The van der Waals surface area contributed by atoms with E-state index in [0.29, 0.717) is 11.8 Å². The molecular formula is C9H12N2O2. The number of rotatable bonds is 1. The fourth-order valence-corrected chi connectivity index (χ4v) is 2.07. The van der Waals surface area contributed by atoms with Crippen LogP contribution >= 0.6 is 0 Å². The van der Waals surface area contributed by atoms with Gasteiger partial charge in [0.05, 0.1) is 19.3 Å². The molecule has 13 heavy (non-hydrogen) atoms. The van der Waals surface area contributed by atoms with E-state index in [4.69, 9.17) is 10.00 Å². The molecule has 1 amide bonds. The van der Waals surface area contributed by atoms with Gasteiger partial charge in [-0.15, -0.1) is 0 Å². The zero-order valence-electron chi connectivity index (χ0n) is 7.40. The van der Waals surface area contributed by atoms with Crippen LogP contribution < -0.4 is 0 Å². The summed E-state index contributed by atoms with van der Waals surface area (Å²) in [6, 6.07) is 1.89. The van der Waals surface area contributed by atoms with Gasteiger partial charge in [-0.25, -0.2) is 0 Å². The molecule has 2 heterocycles. The van der Waals surface area contributed by atoms with Gasteiger partial charge < -0.3 is 9.64 Å². The van der Waals surface area contributed by atoms with Gasteiger partial charge in [-0.2, -0.15) is 5.26 Å². The summed E-state index contributed by atoms with van der Waals surface area (Å²) >= 11 is 0. The zero-order chi connectivity index (χ0) is 9.26. The van der Waals surface area contributed by atoms with Crippen LogP contribution in [0.1, 0.15) is 6.42 Å². The van der Waals surface area contributed by atoms with Crippen molar-refractivity contribution in [3.05, 3.63) is 0 Å². The number of hydrogen-bond acceptors (Lipinski definition) is 3. The summed E-state index contributed by atoms with van der Waals surface area (Å²) in [5.74, 6) is 1.00. The van der Waals surface area contributed by atoms with Gasteiger partial charge in [-0.3, -0.25) is 4.79 Å². The van der Waals surface area contributed by atoms with Crippen LogP contribution in [0.15, 0.2) is 0 Å². The third kappa shape index (κ3) is 1.52. The smallest absolute Gasteiger partial charge is 0.236 e. The minimum atomic E-state index is -0.0306. The fraction of sp³-hybridized carbons (Fsp3) is 0.778. The molecule has 0 saturated carbocycles. The Balaban J connectivity index is 1.92. The number of nitriles is 1. The minimum Gasteiger partial charge on any atom is -0.381 e. The van der Waals surface area contributed by atoms with Crippen LogP contribution in [-0.4, -0.2) is 37.1 Å². The number of ether oxygens (including phenoxy) is 1. The lowest BCUT2D eigenvalue weighted by Gasteiger charge is -2.15. The van der Waals surface area contributed by atoms with E-state index in [2.05, 4.69) is 0 Å². The van der Waals surface area contributed by atoms with Crippen LogP contribution in [0, 0.1) is 23.2 Å². The molecule has 2 aliphatic heterocycles. The molecule has 0 radical (unpaired) electrons. The molecule has 2 fully saturated rings. The lowest BCUT2D eigenvalue weighted by molar-refractivity contribution is -0.129. The molecule has 0 aliphatic carbocycles. The Bertz CT molecular complexity index is 247. The van der Waals surface area contributed by atoms with Crippen molar-refractivity contribution in [3.63, 3.8) is 0 Å². The first kappa shape index (κ1) is 8.52. The molecule has 0 aromatic carbocycles. The molecule has 2 saturated heterocycles. The Hall–Kier alpha value is -1.08. The molecule has 0 N–H and O–H groups in total. The quantitative estimate of drug-likeness (QED) is 0.571. The first-order chi connectivity index (χ1) is 6.31. The number of fused-ring (bicyclic) bond motifs is 1. The van der Waals surface area contributed by atoms with Crippen molar-refractivity contribution in [2.75, 3.05) is 26.3 Å². The van der Waals surface area contributed by atoms with Gasteiger partial charge in [0.15, 0.2) is 0 Å². The van der Waals surface area contributed by atoms with Crippen LogP contribution in [-0.2, 0) is 9.53 Å². The lowest BCUT2D eigenvalue weighted by Crippen LogP contribution is -2.29. The first-order valence-electron chi connectivity index (χ1n) is 4.53. The van der Waals surface area contributed by atoms with E-state index in [0.717, 1.165) is 26.3 Å². The summed E-state index contributed by atoms with van der Waals surface area (Å²) < 4.78 is 5.30. The topological polar surface area (TPSA) is 53.3 Å². The fourth-order valence-electron chi connectivity index (χ4n) is 2.07. The Labute approximate surface area is 77.1 Å². The Morgan fingerprint density at radius 3 is 2.62 bits per heavy atom. The highest BCUT2D eigenvalue weighted by atomic mass is 16.5. The largest absolute Gasteiger partial charge is 0.381 e. The highest BCUT2D eigenvalue weighted by Crippen LogP contribution is 2.29. The molecule has 70 valence electrons. The summed E-state index contributed by atoms with van der Waals surface area (Å²) in [7, 11) is 0. The van der Waals surface area contributed by atoms with Crippen molar-refractivity contribution in [2.24, 2.45) is 11.8 Å².